The summed E-state index contributed by atoms with van der Waals surface area (Å²) in [5, 5.41) is 8.61. The maximum atomic E-state index is 10.9. The van der Waals surface area contributed by atoms with Gasteiger partial charge in [-0.15, -0.1) is 0 Å². The summed E-state index contributed by atoms with van der Waals surface area (Å²) >= 11 is 4.53. The molecule has 1 rings (SSSR count). The SMILES string of the molecule is O=C(O)C(=S)c1ccccc1S(=O)(=O)O. The molecule has 0 saturated heterocycles. The third kappa shape index (κ3) is 2.58. The van der Waals surface area contributed by atoms with Gasteiger partial charge < -0.3 is 5.11 Å². The van der Waals surface area contributed by atoms with E-state index in [2.05, 4.69) is 12.2 Å². The van der Waals surface area contributed by atoms with E-state index in [4.69, 9.17) is 9.66 Å². The molecule has 0 aromatic heterocycles. The molecule has 15 heavy (non-hydrogen) atoms. The molecule has 0 aliphatic heterocycles. The second-order valence-corrected chi connectivity index (χ2v) is 4.40. The van der Waals surface area contributed by atoms with E-state index in [-0.39, 0.29) is 5.56 Å². The first-order valence-corrected chi connectivity index (χ1v) is 5.53. The maximum absolute atomic E-state index is 10.9. The Morgan fingerprint density at radius 3 is 2.27 bits per heavy atom. The molecule has 0 saturated carbocycles. The zero-order valence-electron chi connectivity index (χ0n) is 7.25. The molecule has 1 aromatic carbocycles. The first-order valence-electron chi connectivity index (χ1n) is 3.68. The summed E-state index contributed by atoms with van der Waals surface area (Å²) in [6, 6.07) is 5.09. The highest BCUT2D eigenvalue weighted by molar-refractivity contribution is 7.86. The van der Waals surface area contributed by atoms with Crippen molar-refractivity contribution in [2.45, 2.75) is 4.90 Å². The Morgan fingerprint density at radius 2 is 1.80 bits per heavy atom. The lowest BCUT2D eigenvalue weighted by atomic mass is 10.1. The zero-order chi connectivity index (χ0) is 11.6. The van der Waals surface area contributed by atoms with Crippen molar-refractivity contribution in [3.05, 3.63) is 29.8 Å². The third-order valence-corrected chi connectivity index (χ3v) is 2.91. The van der Waals surface area contributed by atoms with Gasteiger partial charge in [-0.3, -0.25) is 4.55 Å². The summed E-state index contributed by atoms with van der Waals surface area (Å²) in [6.45, 7) is 0. The average molecular weight is 246 g/mol. The standard InChI is InChI=1S/C8H6O5S2/c9-8(10)7(14)5-3-1-2-4-6(5)15(11,12)13/h1-4H,(H,9,10)(H,11,12,13). The summed E-state index contributed by atoms with van der Waals surface area (Å²) < 4.78 is 30.6. The number of thiocarbonyl (C=S) groups is 1. The number of aliphatic carboxylic acids is 1. The van der Waals surface area contributed by atoms with Crippen LogP contribution >= 0.6 is 12.2 Å². The van der Waals surface area contributed by atoms with Crippen LogP contribution < -0.4 is 0 Å². The molecule has 0 spiro atoms. The highest BCUT2D eigenvalue weighted by Crippen LogP contribution is 2.16. The Hall–Kier alpha value is -1.31. The van der Waals surface area contributed by atoms with Gasteiger partial charge in [0.15, 0.2) is 0 Å². The number of carboxylic acid groups (broad SMARTS) is 1. The van der Waals surface area contributed by atoms with Crippen LogP contribution in [0.1, 0.15) is 5.56 Å². The van der Waals surface area contributed by atoms with Crippen molar-refractivity contribution in [1.29, 1.82) is 0 Å². The van der Waals surface area contributed by atoms with Crippen LogP contribution in [0.25, 0.3) is 0 Å². The summed E-state index contributed by atoms with van der Waals surface area (Å²) in [5.74, 6) is -1.42. The molecule has 0 bridgehead atoms. The second kappa shape index (κ2) is 4.05. The van der Waals surface area contributed by atoms with Gasteiger partial charge in [0, 0.05) is 5.56 Å². The fourth-order valence-corrected chi connectivity index (χ4v) is 1.94. The zero-order valence-corrected chi connectivity index (χ0v) is 8.88. The molecular formula is C8H6O5S2. The van der Waals surface area contributed by atoms with Gasteiger partial charge in [-0.2, -0.15) is 8.42 Å². The van der Waals surface area contributed by atoms with E-state index in [1.165, 1.54) is 18.2 Å². The van der Waals surface area contributed by atoms with Crippen molar-refractivity contribution in [2.75, 3.05) is 0 Å². The lowest BCUT2D eigenvalue weighted by Gasteiger charge is -2.04. The van der Waals surface area contributed by atoms with Crippen molar-refractivity contribution in [3.8, 4) is 0 Å². The van der Waals surface area contributed by atoms with E-state index >= 15 is 0 Å². The Morgan fingerprint density at radius 1 is 1.27 bits per heavy atom. The number of rotatable bonds is 3. The first kappa shape index (κ1) is 11.8. The van der Waals surface area contributed by atoms with E-state index in [1.54, 1.807) is 0 Å². The topological polar surface area (TPSA) is 91.7 Å². The molecule has 1 aromatic rings. The Labute approximate surface area is 91.1 Å². The third-order valence-electron chi connectivity index (χ3n) is 1.60. The van der Waals surface area contributed by atoms with E-state index in [0.29, 0.717) is 0 Å². The van der Waals surface area contributed by atoms with Crippen molar-refractivity contribution < 1.29 is 22.9 Å². The quantitative estimate of drug-likeness (QED) is 0.464. The van der Waals surface area contributed by atoms with Gasteiger partial charge in [0.25, 0.3) is 10.1 Å². The van der Waals surface area contributed by atoms with E-state index < -0.39 is 25.8 Å². The van der Waals surface area contributed by atoms with E-state index in [0.717, 1.165) is 6.07 Å². The summed E-state index contributed by atoms with van der Waals surface area (Å²) in [5.41, 5.74) is -0.192. The predicted octanol–water partition coefficient (Wildman–Crippen LogP) is 0.736. The second-order valence-electron chi connectivity index (χ2n) is 2.61. The van der Waals surface area contributed by atoms with Crippen molar-refractivity contribution in [1.82, 2.24) is 0 Å². The fourth-order valence-electron chi connectivity index (χ4n) is 0.994. The molecule has 0 aliphatic rings. The summed E-state index contributed by atoms with van der Waals surface area (Å²) in [6.07, 6.45) is 0. The molecule has 0 heterocycles. The average Bonchev–Trinajstić information content (AvgIpc) is 2.15. The Kier molecular flexibility index (Phi) is 3.18. The normalized spacial score (nSPS) is 11.0. The fraction of sp³-hybridized carbons (Fsp3) is 0. The minimum atomic E-state index is -4.46. The Balaban J connectivity index is 3.44. The van der Waals surface area contributed by atoms with Gasteiger partial charge in [-0.1, -0.05) is 30.4 Å². The maximum Gasteiger partial charge on any atom is 0.347 e. The number of carbonyl (C=O) groups is 1. The van der Waals surface area contributed by atoms with Crippen LogP contribution in [0, 0.1) is 0 Å². The number of hydrogen-bond acceptors (Lipinski definition) is 4. The van der Waals surface area contributed by atoms with Gasteiger partial charge in [0.1, 0.15) is 9.76 Å². The molecule has 7 heteroatoms. The summed E-state index contributed by atoms with van der Waals surface area (Å²) in [4.78, 5) is 9.51. The molecule has 0 radical (unpaired) electrons. The van der Waals surface area contributed by atoms with E-state index in [1.807, 2.05) is 0 Å². The molecular weight excluding hydrogens is 240 g/mol. The minimum absolute atomic E-state index is 0.192. The minimum Gasteiger partial charge on any atom is -0.477 e. The molecule has 5 nitrogen and oxygen atoms in total. The van der Waals surface area contributed by atoms with Gasteiger partial charge in [0.05, 0.1) is 0 Å². The van der Waals surface area contributed by atoms with Crippen LogP contribution in [-0.2, 0) is 14.9 Å². The van der Waals surface area contributed by atoms with Gasteiger partial charge in [0.2, 0.25) is 0 Å². The van der Waals surface area contributed by atoms with Crippen LogP contribution in [-0.4, -0.2) is 28.9 Å². The smallest absolute Gasteiger partial charge is 0.347 e. The lowest BCUT2D eigenvalue weighted by molar-refractivity contribution is -0.129. The number of benzene rings is 1. The van der Waals surface area contributed by atoms with Crippen LogP contribution in [0.2, 0.25) is 0 Å². The van der Waals surface area contributed by atoms with E-state index in [9.17, 15) is 13.2 Å². The summed E-state index contributed by atoms with van der Waals surface area (Å²) in [7, 11) is -4.46. The van der Waals surface area contributed by atoms with Gasteiger partial charge >= 0.3 is 5.97 Å². The molecule has 0 aliphatic carbocycles. The molecule has 80 valence electrons. The van der Waals surface area contributed by atoms with Crippen LogP contribution in [0.5, 0.6) is 0 Å². The highest BCUT2D eigenvalue weighted by Gasteiger charge is 2.20. The first-order chi connectivity index (χ1) is 6.84. The van der Waals surface area contributed by atoms with Crippen LogP contribution in [0.3, 0.4) is 0 Å². The monoisotopic (exact) mass is 246 g/mol. The highest BCUT2D eigenvalue weighted by atomic mass is 32.2. The number of hydrogen-bond donors (Lipinski definition) is 2. The largest absolute Gasteiger partial charge is 0.477 e. The van der Waals surface area contributed by atoms with Crippen LogP contribution in [0.4, 0.5) is 0 Å². The number of carboxylic acids is 1. The molecule has 0 fully saturated rings. The van der Waals surface area contributed by atoms with Crippen molar-refractivity contribution in [2.24, 2.45) is 0 Å². The molecule has 0 unspecified atom stereocenters. The molecule has 0 atom stereocenters. The molecule has 2 N–H and O–H groups in total. The van der Waals surface area contributed by atoms with Crippen molar-refractivity contribution >= 4 is 33.2 Å². The van der Waals surface area contributed by atoms with Crippen LogP contribution in [0.15, 0.2) is 29.2 Å². The lowest BCUT2D eigenvalue weighted by Crippen LogP contribution is -2.15. The molecule has 0 amide bonds. The van der Waals surface area contributed by atoms with Crippen molar-refractivity contribution in [3.63, 3.8) is 0 Å². The van der Waals surface area contributed by atoms with Gasteiger partial charge in [-0.05, 0) is 6.07 Å². The predicted molar refractivity (Wildman–Crippen MR) is 55.6 cm³/mol. The Bertz CT molecular complexity index is 518. The van der Waals surface area contributed by atoms with Gasteiger partial charge in [-0.25, -0.2) is 4.79 Å².